The van der Waals surface area contributed by atoms with E-state index in [1.807, 2.05) is 6.07 Å². The molecule has 0 aromatic heterocycles. The molecule has 1 unspecified atom stereocenters. The lowest BCUT2D eigenvalue weighted by atomic mass is 9.72. The van der Waals surface area contributed by atoms with Gasteiger partial charge in [0.1, 0.15) is 5.75 Å². The van der Waals surface area contributed by atoms with Crippen LogP contribution in [0.4, 0.5) is 0 Å². The fraction of sp³-hybridized carbons (Fsp3) is 0.600. The standard InChI is InChI=1S/C15H19BrCl2O/c1-15(6-4-3-5-7-15)14(16)10-8-12(18)13(19-2)9-11(10)17/h8-9,14H,3-7H2,1-2H3. The second kappa shape index (κ2) is 6.24. The van der Waals surface area contributed by atoms with Crippen LogP contribution in [0.2, 0.25) is 10.0 Å². The Morgan fingerprint density at radius 1 is 1.16 bits per heavy atom. The second-order valence-electron chi connectivity index (χ2n) is 5.59. The minimum Gasteiger partial charge on any atom is -0.495 e. The maximum absolute atomic E-state index is 6.39. The average molecular weight is 366 g/mol. The third kappa shape index (κ3) is 3.22. The van der Waals surface area contributed by atoms with Crippen LogP contribution in [0.3, 0.4) is 0 Å². The van der Waals surface area contributed by atoms with Gasteiger partial charge in [-0.3, -0.25) is 0 Å². The van der Waals surface area contributed by atoms with Crippen molar-refractivity contribution in [2.45, 2.75) is 43.9 Å². The number of hydrogen-bond donors (Lipinski definition) is 0. The Kier molecular flexibility index (Phi) is 5.08. The SMILES string of the molecule is COc1cc(Cl)c(C(Br)C2(C)CCCCC2)cc1Cl. The topological polar surface area (TPSA) is 9.23 Å². The van der Waals surface area contributed by atoms with Gasteiger partial charge in [0.25, 0.3) is 0 Å². The minimum absolute atomic E-state index is 0.233. The quantitative estimate of drug-likeness (QED) is 0.562. The Balaban J connectivity index is 2.33. The summed E-state index contributed by atoms with van der Waals surface area (Å²) in [6.45, 7) is 2.33. The lowest BCUT2D eigenvalue weighted by Gasteiger charge is -2.38. The average Bonchev–Trinajstić information content (AvgIpc) is 2.41. The van der Waals surface area contributed by atoms with Crippen molar-refractivity contribution in [1.82, 2.24) is 0 Å². The normalized spacial score (nSPS) is 20.1. The first-order valence-corrected chi connectivity index (χ1v) is 8.32. The molecule has 1 aliphatic rings. The molecule has 0 N–H and O–H groups in total. The van der Waals surface area contributed by atoms with Gasteiger partial charge >= 0.3 is 0 Å². The summed E-state index contributed by atoms with van der Waals surface area (Å²) < 4.78 is 5.20. The van der Waals surface area contributed by atoms with Crippen molar-refractivity contribution in [3.63, 3.8) is 0 Å². The summed E-state index contributed by atoms with van der Waals surface area (Å²) in [5.41, 5.74) is 1.32. The van der Waals surface area contributed by atoms with Crippen molar-refractivity contribution < 1.29 is 4.74 Å². The van der Waals surface area contributed by atoms with Gasteiger partial charge in [-0.25, -0.2) is 0 Å². The second-order valence-corrected chi connectivity index (χ2v) is 7.32. The molecule has 1 atom stereocenters. The number of alkyl halides is 1. The molecule has 1 fully saturated rings. The van der Waals surface area contributed by atoms with Gasteiger partial charge in [0.15, 0.2) is 0 Å². The Bertz CT molecular complexity index is 456. The first-order valence-electron chi connectivity index (χ1n) is 6.65. The minimum atomic E-state index is 0.233. The van der Waals surface area contributed by atoms with Crippen LogP contribution in [-0.4, -0.2) is 7.11 Å². The highest BCUT2D eigenvalue weighted by atomic mass is 79.9. The van der Waals surface area contributed by atoms with Gasteiger partial charge in [0.2, 0.25) is 0 Å². The number of hydrogen-bond acceptors (Lipinski definition) is 1. The molecule has 0 spiro atoms. The van der Waals surface area contributed by atoms with Gasteiger partial charge in [-0.05, 0) is 29.9 Å². The van der Waals surface area contributed by atoms with Crippen molar-refractivity contribution >= 4 is 39.1 Å². The van der Waals surface area contributed by atoms with E-state index in [-0.39, 0.29) is 10.2 Å². The van der Waals surface area contributed by atoms with Crippen LogP contribution in [0, 0.1) is 5.41 Å². The van der Waals surface area contributed by atoms with Gasteiger partial charge in [-0.15, -0.1) is 0 Å². The highest BCUT2D eigenvalue weighted by Gasteiger charge is 2.36. The van der Waals surface area contributed by atoms with E-state index in [4.69, 9.17) is 27.9 Å². The van der Waals surface area contributed by atoms with Crippen LogP contribution < -0.4 is 4.74 Å². The molecule has 1 saturated carbocycles. The molecule has 0 saturated heterocycles. The third-order valence-electron chi connectivity index (χ3n) is 4.15. The molecule has 0 heterocycles. The van der Waals surface area contributed by atoms with Crippen LogP contribution in [0.25, 0.3) is 0 Å². The third-order valence-corrected chi connectivity index (χ3v) is 6.37. The van der Waals surface area contributed by atoms with Crippen LogP contribution in [0.1, 0.15) is 49.4 Å². The van der Waals surface area contributed by atoms with E-state index in [2.05, 4.69) is 22.9 Å². The Hall–Kier alpha value is 0.0800. The highest BCUT2D eigenvalue weighted by Crippen LogP contribution is 2.52. The number of methoxy groups -OCH3 is 1. The van der Waals surface area contributed by atoms with E-state index < -0.39 is 0 Å². The smallest absolute Gasteiger partial charge is 0.138 e. The number of halogens is 3. The summed E-state index contributed by atoms with van der Waals surface area (Å²) >= 11 is 16.5. The summed E-state index contributed by atoms with van der Waals surface area (Å²) in [6.07, 6.45) is 6.37. The molecular formula is C15H19BrCl2O. The van der Waals surface area contributed by atoms with Crippen molar-refractivity contribution in [1.29, 1.82) is 0 Å². The number of benzene rings is 1. The predicted octanol–water partition coefficient (Wildman–Crippen LogP) is 6.41. The molecule has 1 nitrogen and oxygen atoms in total. The summed E-state index contributed by atoms with van der Waals surface area (Å²) in [4.78, 5) is 0.233. The molecule has 0 bridgehead atoms. The van der Waals surface area contributed by atoms with Crippen LogP contribution in [0.15, 0.2) is 12.1 Å². The zero-order chi connectivity index (χ0) is 14.0. The molecule has 1 aromatic rings. The fourth-order valence-corrected chi connectivity index (χ4v) is 4.36. The molecule has 1 aliphatic carbocycles. The molecule has 19 heavy (non-hydrogen) atoms. The van der Waals surface area contributed by atoms with E-state index in [9.17, 15) is 0 Å². The fourth-order valence-electron chi connectivity index (χ4n) is 2.88. The summed E-state index contributed by atoms with van der Waals surface area (Å²) in [5.74, 6) is 0.629. The monoisotopic (exact) mass is 364 g/mol. The van der Waals surface area contributed by atoms with Crippen LogP contribution in [-0.2, 0) is 0 Å². The Morgan fingerprint density at radius 2 is 1.79 bits per heavy atom. The maximum atomic E-state index is 6.39. The van der Waals surface area contributed by atoms with E-state index in [0.717, 1.165) is 10.6 Å². The molecule has 2 rings (SSSR count). The first-order chi connectivity index (χ1) is 8.98. The summed E-state index contributed by atoms with van der Waals surface area (Å²) in [5, 5.41) is 1.33. The lowest BCUT2D eigenvalue weighted by Crippen LogP contribution is -2.25. The van der Waals surface area contributed by atoms with Gasteiger partial charge in [0, 0.05) is 15.9 Å². The van der Waals surface area contributed by atoms with Crippen molar-refractivity contribution in [3.05, 3.63) is 27.7 Å². The van der Waals surface area contributed by atoms with E-state index in [1.54, 1.807) is 13.2 Å². The van der Waals surface area contributed by atoms with Crippen LogP contribution in [0.5, 0.6) is 5.75 Å². The zero-order valence-electron chi connectivity index (χ0n) is 11.3. The largest absolute Gasteiger partial charge is 0.495 e. The highest BCUT2D eigenvalue weighted by molar-refractivity contribution is 9.09. The summed E-state index contributed by atoms with van der Waals surface area (Å²) in [7, 11) is 1.60. The zero-order valence-corrected chi connectivity index (χ0v) is 14.4. The van der Waals surface area contributed by atoms with Gasteiger partial charge < -0.3 is 4.74 Å². The molecule has 4 heteroatoms. The molecule has 0 radical (unpaired) electrons. The molecule has 106 valence electrons. The predicted molar refractivity (Wildman–Crippen MR) is 85.9 cm³/mol. The number of rotatable bonds is 3. The van der Waals surface area contributed by atoms with Gasteiger partial charge in [-0.1, -0.05) is 65.3 Å². The van der Waals surface area contributed by atoms with E-state index in [0.29, 0.717) is 10.8 Å². The molecule has 0 amide bonds. The molecular weight excluding hydrogens is 347 g/mol. The number of ether oxygens (including phenoxy) is 1. The Labute approximate surface area is 133 Å². The summed E-state index contributed by atoms with van der Waals surface area (Å²) in [6, 6.07) is 3.74. The van der Waals surface area contributed by atoms with E-state index in [1.165, 1.54) is 32.1 Å². The molecule has 0 aliphatic heterocycles. The van der Waals surface area contributed by atoms with Crippen molar-refractivity contribution in [2.75, 3.05) is 7.11 Å². The van der Waals surface area contributed by atoms with Crippen molar-refractivity contribution in [3.8, 4) is 5.75 Å². The van der Waals surface area contributed by atoms with Gasteiger partial charge in [-0.2, -0.15) is 0 Å². The first kappa shape index (κ1) is 15.5. The van der Waals surface area contributed by atoms with Crippen molar-refractivity contribution in [2.24, 2.45) is 5.41 Å². The van der Waals surface area contributed by atoms with E-state index >= 15 is 0 Å². The maximum Gasteiger partial charge on any atom is 0.138 e. The Morgan fingerprint density at radius 3 is 2.37 bits per heavy atom. The molecule has 1 aromatic carbocycles. The lowest BCUT2D eigenvalue weighted by molar-refractivity contribution is 0.213. The van der Waals surface area contributed by atoms with Gasteiger partial charge in [0.05, 0.1) is 12.1 Å². The van der Waals surface area contributed by atoms with Crippen LogP contribution >= 0.6 is 39.1 Å².